The maximum absolute atomic E-state index is 11.4. The molecule has 2 aliphatic heterocycles. The average molecular weight is 308 g/mol. The molecule has 0 spiro atoms. The van der Waals surface area contributed by atoms with Gasteiger partial charge in [0.15, 0.2) is 0 Å². The Morgan fingerprint density at radius 1 is 1.38 bits per heavy atom. The zero-order valence-electron chi connectivity index (χ0n) is 12.4. The summed E-state index contributed by atoms with van der Waals surface area (Å²) in [6, 6.07) is 4.35. The molecule has 4 nitrogen and oxygen atoms in total. The summed E-state index contributed by atoms with van der Waals surface area (Å²) in [6.45, 7) is 5.71. The van der Waals surface area contributed by atoms with Gasteiger partial charge in [0.25, 0.3) is 0 Å². The molecular weight excluding hydrogens is 286 g/mol. The van der Waals surface area contributed by atoms with Gasteiger partial charge in [-0.05, 0) is 43.5 Å². The first-order chi connectivity index (χ1) is 10.2. The van der Waals surface area contributed by atoms with E-state index in [1.54, 1.807) is 0 Å². The SMILES string of the molecule is CCCN1CCC(Nc2cc3c(cc2Cl)NC(=O)C3)CC1. The van der Waals surface area contributed by atoms with Crippen LogP contribution in [0.1, 0.15) is 31.7 Å². The molecule has 114 valence electrons. The van der Waals surface area contributed by atoms with Crippen molar-refractivity contribution in [3.8, 4) is 0 Å². The zero-order valence-corrected chi connectivity index (χ0v) is 13.2. The van der Waals surface area contributed by atoms with Crippen molar-refractivity contribution in [2.45, 2.75) is 38.6 Å². The van der Waals surface area contributed by atoms with Crippen LogP contribution in [0.2, 0.25) is 5.02 Å². The highest BCUT2D eigenvalue weighted by Gasteiger charge is 2.22. The fourth-order valence-electron chi connectivity index (χ4n) is 3.20. The third-order valence-electron chi connectivity index (χ3n) is 4.31. The zero-order chi connectivity index (χ0) is 14.8. The molecule has 2 heterocycles. The number of carbonyl (C=O) groups excluding carboxylic acids is 1. The lowest BCUT2D eigenvalue weighted by Gasteiger charge is -2.32. The lowest BCUT2D eigenvalue weighted by Crippen LogP contribution is -2.39. The maximum atomic E-state index is 11.4. The molecule has 2 N–H and O–H groups in total. The van der Waals surface area contributed by atoms with E-state index >= 15 is 0 Å². The summed E-state index contributed by atoms with van der Waals surface area (Å²) in [5.41, 5.74) is 2.85. The Kier molecular flexibility index (Phi) is 4.36. The summed E-state index contributed by atoms with van der Waals surface area (Å²) >= 11 is 6.33. The van der Waals surface area contributed by atoms with E-state index < -0.39 is 0 Å². The Hall–Kier alpha value is -1.26. The van der Waals surface area contributed by atoms with Gasteiger partial charge in [0.2, 0.25) is 5.91 Å². The Morgan fingerprint density at radius 3 is 2.86 bits per heavy atom. The van der Waals surface area contributed by atoms with Crippen molar-refractivity contribution in [2.75, 3.05) is 30.3 Å². The molecule has 1 aromatic carbocycles. The molecule has 0 atom stereocenters. The van der Waals surface area contributed by atoms with Crippen LogP contribution in [0.3, 0.4) is 0 Å². The number of carbonyl (C=O) groups is 1. The topological polar surface area (TPSA) is 44.4 Å². The number of hydrogen-bond donors (Lipinski definition) is 2. The molecular formula is C16H22ClN3O. The Bertz CT molecular complexity index is 539. The molecule has 1 amide bonds. The van der Waals surface area contributed by atoms with Gasteiger partial charge in [-0.1, -0.05) is 18.5 Å². The quantitative estimate of drug-likeness (QED) is 0.898. The van der Waals surface area contributed by atoms with Crippen molar-refractivity contribution >= 4 is 28.9 Å². The molecule has 0 aliphatic carbocycles. The highest BCUT2D eigenvalue weighted by Crippen LogP contribution is 2.33. The highest BCUT2D eigenvalue weighted by atomic mass is 35.5. The minimum absolute atomic E-state index is 0.0473. The molecule has 0 aromatic heterocycles. The van der Waals surface area contributed by atoms with E-state index in [-0.39, 0.29) is 5.91 Å². The molecule has 5 heteroatoms. The Labute approximate surface area is 130 Å². The number of hydrogen-bond acceptors (Lipinski definition) is 3. The fourth-order valence-corrected chi connectivity index (χ4v) is 3.41. The largest absolute Gasteiger partial charge is 0.381 e. The standard InChI is InChI=1S/C16H22ClN3O/c1-2-5-20-6-3-12(4-7-20)18-15-8-11-9-16(21)19-14(11)10-13(15)17/h8,10,12,18H,2-7,9H2,1H3,(H,19,21). The first kappa shape index (κ1) is 14.7. The van der Waals surface area contributed by atoms with Gasteiger partial charge in [0.05, 0.1) is 17.1 Å². The van der Waals surface area contributed by atoms with Crippen LogP contribution in [0.4, 0.5) is 11.4 Å². The molecule has 1 saturated heterocycles. The molecule has 2 aliphatic rings. The van der Waals surface area contributed by atoms with Crippen LogP contribution in [-0.2, 0) is 11.2 Å². The molecule has 1 fully saturated rings. The molecule has 1 aromatic rings. The van der Waals surface area contributed by atoms with Gasteiger partial charge < -0.3 is 15.5 Å². The normalized spacial score (nSPS) is 19.4. The summed E-state index contributed by atoms with van der Waals surface area (Å²) in [5.74, 6) is 0.0473. The van der Waals surface area contributed by atoms with Crippen LogP contribution >= 0.6 is 11.6 Å². The lowest BCUT2D eigenvalue weighted by molar-refractivity contribution is -0.115. The molecule has 3 rings (SSSR count). The summed E-state index contributed by atoms with van der Waals surface area (Å²) < 4.78 is 0. The number of benzene rings is 1. The van der Waals surface area contributed by atoms with Gasteiger partial charge in [-0.3, -0.25) is 4.79 Å². The molecule has 0 radical (unpaired) electrons. The Balaban J connectivity index is 1.64. The number of amides is 1. The van der Waals surface area contributed by atoms with Crippen LogP contribution in [0, 0.1) is 0 Å². The minimum Gasteiger partial charge on any atom is -0.381 e. The van der Waals surface area contributed by atoms with Crippen LogP contribution in [-0.4, -0.2) is 36.5 Å². The number of fused-ring (bicyclic) bond motifs is 1. The van der Waals surface area contributed by atoms with E-state index in [0.717, 1.165) is 42.9 Å². The van der Waals surface area contributed by atoms with E-state index in [1.807, 2.05) is 12.1 Å². The van der Waals surface area contributed by atoms with Gasteiger partial charge in [-0.25, -0.2) is 0 Å². The van der Waals surface area contributed by atoms with E-state index in [0.29, 0.717) is 17.5 Å². The third kappa shape index (κ3) is 3.33. The number of nitrogens with one attached hydrogen (secondary N) is 2. The van der Waals surface area contributed by atoms with E-state index in [2.05, 4.69) is 22.5 Å². The van der Waals surface area contributed by atoms with Crippen LogP contribution < -0.4 is 10.6 Å². The summed E-state index contributed by atoms with van der Waals surface area (Å²) in [7, 11) is 0. The summed E-state index contributed by atoms with van der Waals surface area (Å²) in [5, 5.41) is 7.08. The van der Waals surface area contributed by atoms with Crippen LogP contribution in [0.25, 0.3) is 0 Å². The van der Waals surface area contributed by atoms with Crippen molar-refractivity contribution in [2.24, 2.45) is 0 Å². The number of piperidine rings is 1. The maximum Gasteiger partial charge on any atom is 0.228 e. The molecule has 0 saturated carbocycles. The molecule has 0 bridgehead atoms. The van der Waals surface area contributed by atoms with Gasteiger partial charge in [0, 0.05) is 24.8 Å². The van der Waals surface area contributed by atoms with Crippen molar-refractivity contribution in [1.82, 2.24) is 4.90 Å². The third-order valence-corrected chi connectivity index (χ3v) is 4.62. The molecule has 21 heavy (non-hydrogen) atoms. The second-order valence-electron chi connectivity index (χ2n) is 5.97. The number of halogens is 1. The van der Waals surface area contributed by atoms with Crippen molar-refractivity contribution in [3.63, 3.8) is 0 Å². The highest BCUT2D eigenvalue weighted by molar-refractivity contribution is 6.33. The fraction of sp³-hybridized carbons (Fsp3) is 0.562. The Morgan fingerprint density at radius 2 is 2.14 bits per heavy atom. The van der Waals surface area contributed by atoms with E-state index in [1.165, 1.54) is 13.0 Å². The van der Waals surface area contributed by atoms with Gasteiger partial charge in [0.1, 0.15) is 0 Å². The van der Waals surface area contributed by atoms with Gasteiger partial charge >= 0.3 is 0 Å². The van der Waals surface area contributed by atoms with E-state index in [9.17, 15) is 4.79 Å². The predicted octanol–water partition coefficient (Wildman–Crippen LogP) is 3.12. The van der Waals surface area contributed by atoms with Crippen LogP contribution in [0.15, 0.2) is 12.1 Å². The lowest BCUT2D eigenvalue weighted by atomic mass is 10.0. The number of nitrogens with zero attached hydrogens (tertiary/aromatic N) is 1. The first-order valence-electron chi connectivity index (χ1n) is 7.77. The summed E-state index contributed by atoms with van der Waals surface area (Å²) in [6.07, 6.45) is 3.96. The monoisotopic (exact) mass is 307 g/mol. The smallest absolute Gasteiger partial charge is 0.228 e. The number of anilines is 2. The molecule has 0 unspecified atom stereocenters. The van der Waals surface area contributed by atoms with Crippen molar-refractivity contribution < 1.29 is 4.79 Å². The number of rotatable bonds is 4. The van der Waals surface area contributed by atoms with E-state index in [4.69, 9.17) is 11.6 Å². The van der Waals surface area contributed by atoms with Crippen molar-refractivity contribution in [1.29, 1.82) is 0 Å². The second kappa shape index (κ2) is 6.24. The summed E-state index contributed by atoms with van der Waals surface area (Å²) in [4.78, 5) is 13.9. The van der Waals surface area contributed by atoms with Gasteiger partial charge in [-0.2, -0.15) is 0 Å². The number of likely N-dealkylation sites (tertiary alicyclic amines) is 1. The second-order valence-corrected chi connectivity index (χ2v) is 6.38. The minimum atomic E-state index is 0.0473. The first-order valence-corrected chi connectivity index (χ1v) is 8.14. The van der Waals surface area contributed by atoms with Gasteiger partial charge in [-0.15, -0.1) is 0 Å². The van der Waals surface area contributed by atoms with Crippen LogP contribution in [0.5, 0.6) is 0 Å². The van der Waals surface area contributed by atoms with Crippen molar-refractivity contribution in [3.05, 3.63) is 22.7 Å². The predicted molar refractivity (Wildman–Crippen MR) is 87.2 cm³/mol. The average Bonchev–Trinajstić information content (AvgIpc) is 2.81.